The summed E-state index contributed by atoms with van der Waals surface area (Å²) in [6, 6.07) is 11.1. The largest absolute Gasteiger partial charge is 0.505 e. The fraction of sp³-hybridized carbons (Fsp3) is 0.348. The average Bonchev–Trinajstić information content (AvgIpc) is 2.70. The van der Waals surface area contributed by atoms with E-state index in [1.165, 1.54) is 12.1 Å². The van der Waals surface area contributed by atoms with Gasteiger partial charge >= 0.3 is 0 Å². The van der Waals surface area contributed by atoms with E-state index in [0.29, 0.717) is 12.0 Å². The third-order valence-electron chi connectivity index (χ3n) is 4.50. The zero-order valence-corrected chi connectivity index (χ0v) is 16.2. The Kier molecular flexibility index (Phi) is 8.27. The Morgan fingerprint density at radius 1 is 1.11 bits per heavy atom. The van der Waals surface area contributed by atoms with Crippen LogP contribution < -0.4 is 4.74 Å². The molecular formula is C23H27FO4. The molecule has 2 atom stereocenters. The van der Waals surface area contributed by atoms with Crippen molar-refractivity contribution in [1.29, 1.82) is 0 Å². The maximum atomic E-state index is 13.4. The second-order valence-electron chi connectivity index (χ2n) is 6.66. The quantitative estimate of drug-likeness (QED) is 0.532. The molecule has 0 heterocycles. The minimum absolute atomic E-state index is 0.260. The molecule has 2 aromatic rings. The van der Waals surface area contributed by atoms with Gasteiger partial charge < -0.3 is 20.1 Å². The third kappa shape index (κ3) is 6.24. The molecule has 150 valence electrons. The zero-order chi connectivity index (χ0) is 20.5. The molecule has 0 unspecified atom stereocenters. The predicted octanol–water partition coefficient (Wildman–Crippen LogP) is 4.97. The summed E-state index contributed by atoms with van der Waals surface area (Å²) in [5, 5.41) is 29.9. The number of hydrogen-bond acceptors (Lipinski definition) is 4. The highest BCUT2D eigenvalue weighted by Gasteiger charge is 2.11. The molecule has 0 bridgehead atoms. The molecule has 2 aromatic carbocycles. The standard InChI is InChI=1S/C23H27FO4/c1-3-5-16(14-23(27)17-8-11-19(28-2)12-9-17)6-4-7-21(25)18-10-13-22(26)20(24)15-18/h4,8-13,15,21,23,25-27H,3,5,7,14H2,1-2H3/t6?,21-,23-/m1/s1. The minimum Gasteiger partial charge on any atom is -0.505 e. The topological polar surface area (TPSA) is 69.9 Å². The molecule has 0 fully saturated rings. The van der Waals surface area contributed by atoms with Crippen LogP contribution in [0.3, 0.4) is 0 Å². The maximum Gasteiger partial charge on any atom is 0.165 e. The normalized spacial score (nSPS) is 12.8. The number of phenolic OH excluding ortho intramolecular Hbond substituents is 1. The van der Waals surface area contributed by atoms with E-state index in [0.717, 1.165) is 35.8 Å². The molecule has 0 aliphatic rings. The Balaban J connectivity index is 2.05. The van der Waals surface area contributed by atoms with Crippen LogP contribution in [-0.4, -0.2) is 22.4 Å². The number of benzene rings is 2. The van der Waals surface area contributed by atoms with Gasteiger partial charge in [-0.05, 0) is 53.5 Å². The molecule has 0 amide bonds. The Morgan fingerprint density at radius 3 is 2.39 bits per heavy atom. The summed E-state index contributed by atoms with van der Waals surface area (Å²) in [4.78, 5) is 0. The molecule has 0 radical (unpaired) electrons. The first-order valence-electron chi connectivity index (χ1n) is 9.36. The minimum atomic E-state index is -0.892. The van der Waals surface area contributed by atoms with Gasteiger partial charge in [-0.1, -0.05) is 31.5 Å². The molecule has 28 heavy (non-hydrogen) atoms. The lowest BCUT2D eigenvalue weighted by molar-refractivity contribution is 0.177. The van der Waals surface area contributed by atoms with Crippen LogP contribution in [0.4, 0.5) is 4.39 Å². The van der Waals surface area contributed by atoms with E-state index in [1.54, 1.807) is 13.2 Å². The number of hydrogen-bond donors (Lipinski definition) is 3. The lowest BCUT2D eigenvalue weighted by atomic mass is 9.98. The van der Waals surface area contributed by atoms with Crippen LogP contribution in [0.25, 0.3) is 0 Å². The number of ether oxygens (including phenoxy) is 1. The van der Waals surface area contributed by atoms with E-state index < -0.39 is 23.8 Å². The summed E-state index contributed by atoms with van der Waals surface area (Å²) in [5.41, 5.74) is 5.32. The molecule has 4 nitrogen and oxygen atoms in total. The van der Waals surface area contributed by atoms with Crippen molar-refractivity contribution < 1.29 is 24.4 Å². The smallest absolute Gasteiger partial charge is 0.165 e. The van der Waals surface area contributed by atoms with Crippen LogP contribution in [0.15, 0.2) is 59.8 Å². The maximum absolute atomic E-state index is 13.4. The zero-order valence-electron chi connectivity index (χ0n) is 16.2. The summed E-state index contributed by atoms with van der Waals surface area (Å²) in [7, 11) is 1.60. The molecule has 2 rings (SSSR count). The van der Waals surface area contributed by atoms with Gasteiger partial charge in [-0.2, -0.15) is 0 Å². The van der Waals surface area contributed by atoms with Gasteiger partial charge in [-0.25, -0.2) is 4.39 Å². The predicted molar refractivity (Wildman–Crippen MR) is 107 cm³/mol. The van der Waals surface area contributed by atoms with E-state index >= 15 is 0 Å². The van der Waals surface area contributed by atoms with Gasteiger partial charge in [0.15, 0.2) is 11.6 Å². The second kappa shape index (κ2) is 10.7. The van der Waals surface area contributed by atoms with E-state index in [1.807, 2.05) is 24.3 Å². The molecular weight excluding hydrogens is 359 g/mol. The molecule has 0 saturated carbocycles. The van der Waals surface area contributed by atoms with Gasteiger partial charge in [-0.3, -0.25) is 0 Å². The van der Waals surface area contributed by atoms with E-state index in [-0.39, 0.29) is 6.42 Å². The van der Waals surface area contributed by atoms with Crippen LogP contribution >= 0.6 is 0 Å². The number of aliphatic hydroxyl groups excluding tert-OH is 2. The van der Waals surface area contributed by atoms with Gasteiger partial charge in [0.05, 0.1) is 19.3 Å². The molecule has 0 spiro atoms. The van der Waals surface area contributed by atoms with Crippen molar-refractivity contribution in [2.45, 2.75) is 44.8 Å². The van der Waals surface area contributed by atoms with E-state index in [9.17, 15) is 19.7 Å². The summed E-state index contributed by atoms with van der Waals surface area (Å²) in [6.07, 6.45) is 2.57. The summed E-state index contributed by atoms with van der Waals surface area (Å²) < 4.78 is 18.5. The van der Waals surface area contributed by atoms with Crippen molar-refractivity contribution >= 4 is 0 Å². The number of rotatable bonds is 9. The summed E-state index contributed by atoms with van der Waals surface area (Å²) >= 11 is 0. The Hall–Kier alpha value is -2.59. The summed E-state index contributed by atoms with van der Waals surface area (Å²) in [5.74, 6) is -0.464. The Labute approximate surface area is 165 Å². The van der Waals surface area contributed by atoms with Crippen LogP contribution in [0, 0.1) is 5.82 Å². The molecule has 0 aliphatic carbocycles. The van der Waals surface area contributed by atoms with Crippen molar-refractivity contribution in [2.24, 2.45) is 0 Å². The van der Waals surface area contributed by atoms with Crippen LogP contribution in [-0.2, 0) is 0 Å². The Morgan fingerprint density at radius 2 is 1.79 bits per heavy atom. The van der Waals surface area contributed by atoms with Crippen LogP contribution in [0.1, 0.15) is 55.9 Å². The van der Waals surface area contributed by atoms with Crippen LogP contribution in [0.2, 0.25) is 0 Å². The number of methoxy groups -OCH3 is 1. The molecule has 0 aliphatic heterocycles. The van der Waals surface area contributed by atoms with Crippen molar-refractivity contribution in [2.75, 3.05) is 7.11 Å². The van der Waals surface area contributed by atoms with Gasteiger partial charge in [0, 0.05) is 12.8 Å². The van der Waals surface area contributed by atoms with Crippen molar-refractivity contribution in [3.05, 3.63) is 76.8 Å². The van der Waals surface area contributed by atoms with Crippen molar-refractivity contribution in [3.63, 3.8) is 0 Å². The average molecular weight is 386 g/mol. The van der Waals surface area contributed by atoms with Crippen molar-refractivity contribution in [3.8, 4) is 11.5 Å². The van der Waals surface area contributed by atoms with Gasteiger partial charge in [0.25, 0.3) is 0 Å². The lowest BCUT2D eigenvalue weighted by Gasteiger charge is -2.13. The monoisotopic (exact) mass is 386 g/mol. The van der Waals surface area contributed by atoms with Crippen LogP contribution in [0.5, 0.6) is 11.5 Å². The molecule has 5 heteroatoms. The molecule has 3 N–H and O–H groups in total. The fourth-order valence-electron chi connectivity index (χ4n) is 2.89. The van der Waals surface area contributed by atoms with Gasteiger partial charge in [0.1, 0.15) is 5.75 Å². The van der Waals surface area contributed by atoms with E-state index in [2.05, 4.69) is 12.7 Å². The molecule has 0 saturated heterocycles. The van der Waals surface area contributed by atoms with Crippen molar-refractivity contribution in [1.82, 2.24) is 0 Å². The molecule has 0 aromatic heterocycles. The highest BCUT2D eigenvalue weighted by molar-refractivity contribution is 5.30. The second-order valence-corrected chi connectivity index (χ2v) is 6.66. The Bertz CT molecular complexity index is 823. The number of aromatic hydroxyl groups is 1. The van der Waals surface area contributed by atoms with E-state index in [4.69, 9.17) is 4.74 Å². The number of phenols is 1. The van der Waals surface area contributed by atoms with Gasteiger partial charge in [-0.15, -0.1) is 5.73 Å². The lowest BCUT2D eigenvalue weighted by Crippen LogP contribution is -1.99. The number of halogens is 1. The first-order chi connectivity index (χ1) is 13.4. The fourth-order valence-corrected chi connectivity index (χ4v) is 2.89. The SMILES string of the molecule is CCCC(=C=CC[C@@H](O)c1ccc(O)c(F)c1)C[C@@H](O)c1ccc(OC)cc1. The highest BCUT2D eigenvalue weighted by Crippen LogP contribution is 2.26. The first-order valence-corrected chi connectivity index (χ1v) is 9.36. The summed E-state index contributed by atoms with van der Waals surface area (Å²) in [6.45, 7) is 2.05. The van der Waals surface area contributed by atoms with Gasteiger partial charge in [0.2, 0.25) is 0 Å². The highest BCUT2D eigenvalue weighted by atomic mass is 19.1. The first kappa shape index (κ1) is 21.7. The number of aliphatic hydroxyl groups is 2. The third-order valence-corrected chi connectivity index (χ3v) is 4.50.